The third-order valence-corrected chi connectivity index (χ3v) is 5.70. The Kier molecular flexibility index (Phi) is 8.32. The minimum atomic E-state index is -0.700. The Morgan fingerprint density at radius 1 is 1.12 bits per heavy atom. The average Bonchev–Trinajstić information content (AvgIpc) is 2.78. The van der Waals surface area contributed by atoms with E-state index >= 15 is 0 Å². The van der Waals surface area contributed by atoms with Crippen molar-refractivity contribution in [3.05, 3.63) is 77.2 Å². The van der Waals surface area contributed by atoms with Crippen LogP contribution in [0.4, 0.5) is 0 Å². The van der Waals surface area contributed by atoms with Crippen LogP contribution in [0.15, 0.2) is 70.4 Å². The van der Waals surface area contributed by atoms with Gasteiger partial charge in [0.2, 0.25) is 0 Å². The molecule has 3 rings (SSSR count). The van der Waals surface area contributed by atoms with E-state index < -0.39 is 11.6 Å². The van der Waals surface area contributed by atoms with Gasteiger partial charge >= 0.3 is 11.6 Å². The molecule has 34 heavy (non-hydrogen) atoms. The lowest BCUT2D eigenvalue weighted by Crippen LogP contribution is -2.33. The molecule has 5 heteroatoms. The van der Waals surface area contributed by atoms with Gasteiger partial charge in [-0.2, -0.15) is 0 Å². The van der Waals surface area contributed by atoms with Crippen LogP contribution >= 0.6 is 0 Å². The highest BCUT2D eigenvalue weighted by Crippen LogP contribution is 2.27. The molecule has 180 valence electrons. The largest absolute Gasteiger partial charge is 0.490 e. The zero-order valence-corrected chi connectivity index (χ0v) is 20.6. The van der Waals surface area contributed by atoms with Gasteiger partial charge in [0.1, 0.15) is 16.9 Å². The summed E-state index contributed by atoms with van der Waals surface area (Å²) in [6.45, 7) is 11.2. The molecule has 0 aliphatic carbocycles. The molecule has 3 aromatic rings. The lowest BCUT2D eigenvalue weighted by molar-refractivity contribution is -0.152. The van der Waals surface area contributed by atoms with E-state index in [1.54, 1.807) is 6.07 Å². The summed E-state index contributed by atoms with van der Waals surface area (Å²) in [6, 6.07) is 15.4. The summed E-state index contributed by atoms with van der Waals surface area (Å²) in [5, 5.41) is 0.821. The number of fused-ring (bicyclic) bond motifs is 1. The molecule has 0 amide bonds. The highest BCUT2D eigenvalue weighted by atomic mass is 16.6. The van der Waals surface area contributed by atoms with Crippen LogP contribution in [0.2, 0.25) is 0 Å². The number of carbonyl (C=O) groups is 1. The van der Waals surface area contributed by atoms with Crippen LogP contribution in [0.3, 0.4) is 0 Å². The van der Waals surface area contributed by atoms with E-state index in [4.69, 9.17) is 13.9 Å². The molecule has 1 unspecified atom stereocenters. The Morgan fingerprint density at radius 2 is 1.85 bits per heavy atom. The fraction of sp³-hybridized carbons (Fsp3) is 0.379. The first-order valence-electron chi connectivity index (χ1n) is 11.9. The summed E-state index contributed by atoms with van der Waals surface area (Å²) in [6.07, 6.45) is 6.05. The zero-order chi connectivity index (χ0) is 24.7. The number of aryl methyl sites for hydroxylation is 1. The normalized spacial score (nSPS) is 12.4. The van der Waals surface area contributed by atoms with Crippen molar-refractivity contribution in [2.75, 3.05) is 0 Å². The average molecular weight is 463 g/mol. The van der Waals surface area contributed by atoms with Gasteiger partial charge < -0.3 is 13.9 Å². The van der Waals surface area contributed by atoms with Crippen molar-refractivity contribution < 1.29 is 18.7 Å². The van der Waals surface area contributed by atoms with Gasteiger partial charge in [0.05, 0.1) is 11.7 Å². The number of esters is 1. The first-order valence-corrected chi connectivity index (χ1v) is 11.9. The van der Waals surface area contributed by atoms with Crippen LogP contribution in [0.5, 0.6) is 5.75 Å². The second-order valence-electron chi connectivity index (χ2n) is 9.32. The highest BCUT2D eigenvalue weighted by molar-refractivity contribution is 5.83. The van der Waals surface area contributed by atoms with Gasteiger partial charge in [-0.15, -0.1) is 0 Å². The molecule has 0 fully saturated rings. The molecular weight excluding hydrogens is 428 g/mol. The van der Waals surface area contributed by atoms with Gasteiger partial charge in [0.15, 0.2) is 0 Å². The molecule has 0 aliphatic heterocycles. The summed E-state index contributed by atoms with van der Waals surface area (Å²) in [4.78, 5) is 24.2. The third kappa shape index (κ3) is 6.83. The maximum absolute atomic E-state index is 12.7. The lowest BCUT2D eigenvalue weighted by atomic mass is 10.0. The molecule has 0 aliphatic rings. The molecule has 1 aromatic heterocycles. The molecule has 0 spiro atoms. The van der Waals surface area contributed by atoms with Crippen molar-refractivity contribution >= 4 is 16.9 Å². The van der Waals surface area contributed by atoms with E-state index in [9.17, 15) is 9.59 Å². The van der Waals surface area contributed by atoms with E-state index in [1.807, 2.05) is 51.1 Å². The van der Waals surface area contributed by atoms with Crippen molar-refractivity contribution in [2.24, 2.45) is 0 Å². The molecule has 5 nitrogen and oxygen atoms in total. The number of hydrogen-bond donors (Lipinski definition) is 0. The van der Waals surface area contributed by atoms with E-state index in [1.165, 1.54) is 24.8 Å². The molecule has 1 atom stereocenters. The molecule has 0 radical (unpaired) electrons. The molecule has 0 N–H and O–H groups in total. The zero-order valence-electron chi connectivity index (χ0n) is 20.6. The fourth-order valence-corrected chi connectivity index (χ4v) is 4.12. The minimum absolute atomic E-state index is 0.230. The Morgan fingerprint density at radius 3 is 2.53 bits per heavy atom. The molecule has 2 aromatic carbocycles. The van der Waals surface area contributed by atoms with Crippen molar-refractivity contribution in [3.63, 3.8) is 0 Å². The SMILES string of the molecule is C=CC(=O)OC(C)(C)CC(C)Oc1ccc2cc(-c3ccc(CCCCC)cc3)c(=O)oc2c1. The number of ether oxygens (including phenoxy) is 2. The number of hydrogen-bond acceptors (Lipinski definition) is 5. The molecular formula is C29H34O5. The monoisotopic (exact) mass is 462 g/mol. The minimum Gasteiger partial charge on any atom is -0.490 e. The van der Waals surface area contributed by atoms with Crippen LogP contribution in [0.1, 0.15) is 58.9 Å². The maximum atomic E-state index is 12.7. The van der Waals surface area contributed by atoms with Crippen molar-refractivity contribution in [3.8, 4) is 16.9 Å². The van der Waals surface area contributed by atoms with Gasteiger partial charge in [-0.3, -0.25) is 0 Å². The molecule has 0 bridgehead atoms. The Hall–Kier alpha value is -3.34. The maximum Gasteiger partial charge on any atom is 0.344 e. The summed E-state index contributed by atoms with van der Waals surface area (Å²) >= 11 is 0. The Labute approximate surface area is 201 Å². The topological polar surface area (TPSA) is 65.7 Å². The van der Waals surface area contributed by atoms with Crippen LogP contribution in [-0.4, -0.2) is 17.7 Å². The van der Waals surface area contributed by atoms with E-state index in [0.717, 1.165) is 23.4 Å². The van der Waals surface area contributed by atoms with Gasteiger partial charge in [-0.05, 0) is 62.9 Å². The number of carbonyl (C=O) groups excluding carboxylic acids is 1. The Balaban J connectivity index is 1.73. The summed E-state index contributed by atoms with van der Waals surface area (Å²) < 4.78 is 17.0. The van der Waals surface area contributed by atoms with Gasteiger partial charge in [-0.1, -0.05) is 50.6 Å². The smallest absolute Gasteiger partial charge is 0.344 e. The fourth-order valence-electron chi connectivity index (χ4n) is 4.12. The first kappa shape index (κ1) is 25.3. The van der Waals surface area contributed by atoms with Crippen LogP contribution in [0, 0.1) is 0 Å². The van der Waals surface area contributed by atoms with Gasteiger partial charge in [0, 0.05) is 23.9 Å². The van der Waals surface area contributed by atoms with Gasteiger partial charge in [0.25, 0.3) is 0 Å². The summed E-state index contributed by atoms with van der Waals surface area (Å²) in [5.41, 5.74) is 2.05. The highest BCUT2D eigenvalue weighted by Gasteiger charge is 2.25. The first-order chi connectivity index (χ1) is 16.2. The summed E-state index contributed by atoms with van der Waals surface area (Å²) in [7, 11) is 0. The quantitative estimate of drug-likeness (QED) is 0.135. The van der Waals surface area contributed by atoms with Crippen LogP contribution in [0.25, 0.3) is 22.1 Å². The number of rotatable bonds is 11. The van der Waals surface area contributed by atoms with E-state index in [2.05, 4.69) is 25.6 Å². The predicted molar refractivity (Wildman–Crippen MR) is 136 cm³/mol. The standard InChI is InChI=1S/C29H34O5/c1-6-8-9-10-21-11-13-22(14-12-21)25-17-23-15-16-24(18-26(23)33-28(25)31)32-20(3)19-29(4,5)34-27(30)7-2/h7,11-18,20H,2,6,8-10,19H2,1,3-5H3. The predicted octanol–water partition coefficient (Wildman–Crippen LogP) is 6.86. The van der Waals surface area contributed by atoms with Crippen molar-refractivity contribution in [1.82, 2.24) is 0 Å². The summed E-state index contributed by atoms with van der Waals surface area (Å²) in [5.74, 6) is 0.116. The number of unbranched alkanes of at least 4 members (excludes halogenated alkanes) is 2. The molecule has 0 saturated carbocycles. The van der Waals surface area contributed by atoms with Crippen LogP contribution < -0.4 is 10.4 Å². The molecule has 1 heterocycles. The van der Waals surface area contributed by atoms with Crippen LogP contribution in [-0.2, 0) is 16.0 Å². The second-order valence-corrected chi connectivity index (χ2v) is 9.32. The van der Waals surface area contributed by atoms with Crippen molar-refractivity contribution in [2.45, 2.75) is 71.5 Å². The lowest BCUT2D eigenvalue weighted by Gasteiger charge is -2.28. The third-order valence-electron chi connectivity index (χ3n) is 5.70. The molecule has 0 saturated heterocycles. The van der Waals surface area contributed by atoms with Gasteiger partial charge in [-0.25, -0.2) is 9.59 Å². The Bertz CT molecular complexity index is 1190. The van der Waals surface area contributed by atoms with Crippen molar-refractivity contribution in [1.29, 1.82) is 0 Å². The number of benzene rings is 2. The second kappa shape index (κ2) is 11.2. The van der Waals surface area contributed by atoms with E-state index in [-0.39, 0.29) is 11.7 Å². The van der Waals surface area contributed by atoms with E-state index in [0.29, 0.717) is 23.3 Å².